The molecule has 0 bridgehead atoms. The van der Waals surface area contributed by atoms with Crippen molar-refractivity contribution in [2.45, 2.75) is 17.5 Å². The summed E-state index contributed by atoms with van der Waals surface area (Å²) in [6.07, 6.45) is 0. The summed E-state index contributed by atoms with van der Waals surface area (Å²) in [4.78, 5) is 19.9. The molecule has 0 radical (unpaired) electrons. The molecule has 0 saturated carbocycles. The van der Waals surface area contributed by atoms with Gasteiger partial charge in [0, 0.05) is 11.3 Å². The smallest absolute Gasteiger partial charge is 0.270 e. The van der Waals surface area contributed by atoms with Gasteiger partial charge in [-0.1, -0.05) is 54.2 Å². The maximum atomic E-state index is 12.6. The van der Waals surface area contributed by atoms with E-state index in [0.717, 1.165) is 16.9 Å². The molecule has 0 atom stereocenters. The van der Waals surface area contributed by atoms with Crippen molar-refractivity contribution in [3.8, 4) is 34.6 Å². The molecule has 0 fully saturated rings. The molecular formula is C27H23N3O4S. The minimum absolute atomic E-state index is 0.0567. The molecule has 8 heteroatoms. The molecule has 0 aliphatic carbocycles. The van der Waals surface area contributed by atoms with Gasteiger partial charge in [0.1, 0.15) is 24.0 Å². The molecule has 4 rings (SSSR count). The number of methoxy groups -OCH3 is 2. The van der Waals surface area contributed by atoms with Crippen LogP contribution in [0.4, 0.5) is 0 Å². The number of ether oxygens (including phenoxy) is 3. The van der Waals surface area contributed by atoms with Crippen LogP contribution < -0.4 is 19.8 Å². The number of nitrogens with one attached hydrogen (secondary N) is 1. The van der Waals surface area contributed by atoms with Gasteiger partial charge in [0.25, 0.3) is 5.56 Å². The summed E-state index contributed by atoms with van der Waals surface area (Å²) in [6, 6.07) is 24.7. The van der Waals surface area contributed by atoms with Crippen molar-refractivity contribution >= 4 is 11.8 Å². The number of aromatic amines is 1. The molecule has 0 spiro atoms. The highest BCUT2D eigenvalue weighted by molar-refractivity contribution is 7.98. The monoisotopic (exact) mass is 485 g/mol. The van der Waals surface area contributed by atoms with E-state index in [1.807, 2.05) is 60.7 Å². The molecule has 3 aromatic carbocycles. The zero-order valence-corrected chi connectivity index (χ0v) is 20.1. The number of aromatic nitrogens is 2. The van der Waals surface area contributed by atoms with Crippen LogP contribution in [0.2, 0.25) is 0 Å². The summed E-state index contributed by atoms with van der Waals surface area (Å²) in [5.41, 5.74) is 2.41. The molecular weight excluding hydrogens is 462 g/mol. The van der Waals surface area contributed by atoms with Gasteiger partial charge < -0.3 is 19.2 Å². The lowest BCUT2D eigenvalue weighted by Gasteiger charge is -2.13. The lowest BCUT2D eigenvalue weighted by Crippen LogP contribution is -2.14. The lowest BCUT2D eigenvalue weighted by atomic mass is 10.1. The predicted octanol–water partition coefficient (Wildman–Crippen LogP) is 5.20. The van der Waals surface area contributed by atoms with Crippen LogP contribution in [0.25, 0.3) is 11.3 Å². The van der Waals surface area contributed by atoms with Gasteiger partial charge in [0.15, 0.2) is 16.7 Å². The van der Waals surface area contributed by atoms with Crippen LogP contribution in [0.15, 0.2) is 82.7 Å². The zero-order chi connectivity index (χ0) is 24.6. The number of hydrogen-bond acceptors (Lipinski definition) is 7. The van der Waals surface area contributed by atoms with Crippen molar-refractivity contribution in [1.29, 1.82) is 5.26 Å². The highest BCUT2D eigenvalue weighted by atomic mass is 32.2. The second-order valence-corrected chi connectivity index (χ2v) is 8.45. The van der Waals surface area contributed by atoms with E-state index in [-0.39, 0.29) is 5.56 Å². The summed E-state index contributed by atoms with van der Waals surface area (Å²) in [5.74, 6) is 2.40. The number of nitrogens with zero attached hydrogens (tertiary/aromatic N) is 2. The Bertz CT molecular complexity index is 1400. The Hall–Kier alpha value is -4.22. The Balaban J connectivity index is 1.59. The molecule has 0 saturated heterocycles. The summed E-state index contributed by atoms with van der Waals surface area (Å²) in [7, 11) is 3.16. The molecule has 0 amide bonds. The van der Waals surface area contributed by atoms with Crippen LogP contribution >= 0.6 is 11.8 Å². The highest BCUT2D eigenvalue weighted by Crippen LogP contribution is 2.33. The van der Waals surface area contributed by atoms with E-state index in [1.165, 1.54) is 11.8 Å². The number of hydrogen-bond donors (Lipinski definition) is 1. The Morgan fingerprint density at radius 2 is 1.71 bits per heavy atom. The van der Waals surface area contributed by atoms with Crippen LogP contribution in [0.3, 0.4) is 0 Å². The van der Waals surface area contributed by atoms with Crippen molar-refractivity contribution in [2.75, 3.05) is 14.2 Å². The van der Waals surface area contributed by atoms with Gasteiger partial charge in [-0.05, 0) is 41.5 Å². The third-order valence-corrected chi connectivity index (χ3v) is 6.16. The summed E-state index contributed by atoms with van der Waals surface area (Å²) < 4.78 is 16.6. The lowest BCUT2D eigenvalue weighted by molar-refractivity contribution is 0.284. The number of rotatable bonds is 9. The van der Waals surface area contributed by atoms with Crippen molar-refractivity contribution in [1.82, 2.24) is 9.97 Å². The number of H-pyrrole nitrogens is 1. The Kier molecular flexibility index (Phi) is 7.70. The number of benzene rings is 3. The molecule has 4 aromatic rings. The van der Waals surface area contributed by atoms with E-state index in [9.17, 15) is 10.1 Å². The molecule has 176 valence electrons. The van der Waals surface area contributed by atoms with Crippen molar-refractivity contribution in [2.24, 2.45) is 0 Å². The Morgan fingerprint density at radius 3 is 2.40 bits per heavy atom. The van der Waals surface area contributed by atoms with E-state index < -0.39 is 5.56 Å². The van der Waals surface area contributed by atoms with Crippen LogP contribution in [0.1, 0.15) is 16.7 Å². The summed E-state index contributed by atoms with van der Waals surface area (Å²) in [6.45, 7) is 0.384. The third-order valence-electron chi connectivity index (χ3n) is 5.22. The first kappa shape index (κ1) is 23.9. The van der Waals surface area contributed by atoms with E-state index in [2.05, 4.69) is 9.97 Å². The minimum atomic E-state index is -0.488. The van der Waals surface area contributed by atoms with Crippen molar-refractivity contribution in [3.05, 3.63) is 99.8 Å². The van der Waals surface area contributed by atoms with Gasteiger partial charge in [0.05, 0.1) is 19.9 Å². The van der Waals surface area contributed by atoms with Gasteiger partial charge >= 0.3 is 0 Å². The average molecular weight is 486 g/mol. The van der Waals surface area contributed by atoms with E-state index >= 15 is 0 Å². The van der Waals surface area contributed by atoms with Gasteiger partial charge in [-0.15, -0.1) is 0 Å². The topological polar surface area (TPSA) is 97.2 Å². The first-order valence-corrected chi connectivity index (χ1v) is 11.7. The normalized spacial score (nSPS) is 10.4. The summed E-state index contributed by atoms with van der Waals surface area (Å²) >= 11 is 1.38. The average Bonchev–Trinajstić information content (AvgIpc) is 2.91. The largest absolute Gasteiger partial charge is 0.497 e. The van der Waals surface area contributed by atoms with Gasteiger partial charge in [0.2, 0.25) is 0 Å². The Labute approximate surface area is 207 Å². The standard InChI is InChI=1S/C27H23N3O4S/c1-32-21-11-8-19(9-12-21)17-35-27-29-25(22(15-28)26(31)30-27)20-10-13-23(24(14-20)33-2)34-16-18-6-4-3-5-7-18/h3-14H,16-17H2,1-2H3,(H,29,30,31). The fourth-order valence-electron chi connectivity index (χ4n) is 3.38. The summed E-state index contributed by atoms with van der Waals surface area (Å²) in [5, 5.41) is 10.0. The van der Waals surface area contributed by atoms with E-state index in [1.54, 1.807) is 32.4 Å². The number of nitriles is 1. The molecule has 0 aliphatic rings. The third kappa shape index (κ3) is 5.83. The molecule has 35 heavy (non-hydrogen) atoms. The van der Waals surface area contributed by atoms with E-state index in [4.69, 9.17) is 14.2 Å². The molecule has 1 N–H and O–H groups in total. The molecule has 0 aliphatic heterocycles. The molecule has 1 heterocycles. The Morgan fingerprint density at radius 1 is 0.943 bits per heavy atom. The first-order chi connectivity index (χ1) is 17.1. The van der Waals surface area contributed by atoms with Crippen molar-refractivity contribution in [3.63, 3.8) is 0 Å². The quantitative estimate of drug-likeness (QED) is 0.257. The van der Waals surface area contributed by atoms with Gasteiger partial charge in [-0.25, -0.2) is 4.98 Å². The van der Waals surface area contributed by atoms with Crippen LogP contribution in [0.5, 0.6) is 17.2 Å². The molecule has 0 unspecified atom stereocenters. The maximum absolute atomic E-state index is 12.6. The molecule has 1 aromatic heterocycles. The minimum Gasteiger partial charge on any atom is -0.497 e. The van der Waals surface area contributed by atoms with Crippen molar-refractivity contribution < 1.29 is 14.2 Å². The second-order valence-electron chi connectivity index (χ2n) is 7.48. The zero-order valence-electron chi connectivity index (χ0n) is 19.3. The highest BCUT2D eigenvalue weighted by Gasteiger charge is 2.16. The SMILES string of the molecule is COc1ccc(CSc2nc(-c3ccc(OCc4ccccc4)c(OC)c3)c(C#N)c(=O)[nH]2)cc1. The predicted molar refractivity (Wildman–Crippen MR) is 135 cm³/mol. The fraction of sp³-hybridized carbons (Fsp3) is 0.148. The van der Waals surface area contributed by atoms with Crippen LogP contribution in [-0.4, -0.2) is 24.2 Å². The van der Waals surface area contributed by atoms with Gasteiger partial charge in [-0.2, -0.15) is 5.26 Å². The van der Waals surface area contributed by atoms with E-state index in [0.29, 0.717) is 40.3 Å². The van der Waals surface area contributed by atoms with Crippen LogP contribution in [0, 0.1) is 11.3 Å². The second kappa shape index (κ2) is 11.3. The van der Waals surface area contributed by atoms with Crippen LogP contribution in [-0.2, 0) is 12.4 Å². The molecule has 7 nitrogen and oxygen atoms in total. The fourth-order valence-corrected chi connectivity index (χ4v) is 4.19. The number of thioether (sulfide) groups is 1. The first-order valence-electron chi connectivity index (χ1n) is 10.8. The van der Waals surface area contributed by atoms with Gasteiger partial charge in [-0.3, -0.25) is 4.79 Å². The maximum Gasteiger partial charge on any atom is 0.270 e.